The van der Waals surface area contributed by atoms with Gasteiger partial charge in [0.15, 0.2) is 24.0 Å². The van der Waals surface area contributed by atoms with Crippen molar-refractivity contribution < 1.29 is 33.8 Å². The maximum atomic E-state index is 10.8. The number of nitrogen functional groups attached to an aromatic ring is 1. The molecule has 1 fully saturated rings. The number of nitrogens with two attached hydrogens (primary N) is 1. The molecule has 1 saturated heterocycles. The lowest BCUT2D eigenvalue weighted by Gasteiger charge is -2.16. The van der Waals surface area contributed by atoms with Gasteiger partial charge in [-0.25, -0.2) is 19.5 Å². The monoisotopic (exact) mass is 335 g/mol. The predicted molar refractivity (Wildman–Crippen MR) is 68.8 cm³/mol. The van der Waals surface area contributed by atoms with E-state index in [9.17, 15) is 14.8 Å². The quantitative estimate of drug-likeness (QED) is 0.394. The van der Waals surface area contributed by atoms with Gasteiger partial charge < -0.3 is 30.5 Å². The van der Waals surface area contributed by atoms with Gasteiger partial charge in [-0.05, 0) is 0 Å². The number of hydrogen-bond donors (Lipinski definition) is 5. The number of phosphoric acid groups is 1. The highest BCUT2D eigenvalue weighted by atomic mass is 31.2. The van der Waals surface area contributed by atoms with Crippen LogP contribution < -0.4 is 5.73 Å². The highest BCUT2D eigenvalue weighted by Crippen LogP contribution is 2.43. The molecule has 22 heavy (non-hydrogen) atoms. The average molecular weight is 335 g/mol. The van der Waals surface area contributed by atoms with E-state index in [2.05, 4.69) is 19.5 Å². The predicted octanol–water partition coefficient (Wildman–Crippen LogP) is -1.91. The highest BCUT2D eigenvalue weighted by Gasteiger charge is 2.47. The van der Waals surface area contributed by atoms with E-state index in [-0.39, 0.29) is 17.0 Å². The van der Waals surface area contributed by atoms with Gasteiger partial charge in [0.2, 0.25) is 0 Å². The first kappa shape index (κ1) is 15.2. The fraction of sp³-hybridized carbons (Fsp3) is 0.444. The van der Waals surface area contributed by atoms with Crippen molar-refractivity contribution in [2.45, 2.75) is 24.7 Å². The van der Waals surface area contributed by atoms with E-state index >= 15 is 0 Å². The average Bonchev–Trinajstić information content (AvgIpc) is 2.95. The maximum Gasteiger partial charge on any atom is 0.472 e. The second-order valence-corrected chi connectivity index (χ2v) is 5.75. The van der Waals surface area contributed by atoms with Gasteiger partial charge in [0.05, 0.1) is 6.33 Å². The van der Waals surface area contributed by atoms with Crippen LogP contribution in [-0.2, 0) is 13.8 Å². The van der Waals surface area contributed by atoms with E-state index in [1.807, 2.05) is 0 Å². The molecule has 3 heterocycles. The molecule has 120 valence electrons. The van der Waals surface area contributed by atoms with Gasteiger partial charge in [-0.15, -0.1) is 0 Å². The summed E-state index contributed by atoms with van der Waals surface area (Å²) in [7, 11) is -4.90. The van der Waals surface area contributed by atoms with Crippen LogP contribution in [0.4, 0.5) is 5.82 Å². The largest absolute Gasteiger partial charge is 0.472 e. The number of fused-ring (bicyclic) bond motifs is 1. The molecule has 3 rings (SSSR count). The Balaban J connectivity index is 1.94. The number of anilines is 1. The number of aliphatic hydroxyl groups excluding tert-OH is 2. The Morgan fingerprint density at radius 3 is 2.77 bits per heavy atom. The molecule has 6 N–H and O–H groups in total. The lowest BCUT2D eigenvalue weighted by atomic mass is 10.2. The summed E-state index contributed by atoms with van der Waals surface area (Å²) in [5.74, 6) is 0.111. The van der Waals surface area contributed by atoms with Crippen molar-refractivity contribution in [2.24, 2.45) is 0 Å². The number of rotatable bonds is 3. The van der Waals surface area contributed by atoms with Gasteiger partial charge in [-0.3, -0.25) is 9.09 Å². The van der Waals surface area contributed by atoms with E-state index in [0.717, 1.165) is 0 Å². The Bertz CT molecular complexity index is 747. The van der Waals surface area contributed by atoms with Crippen LogP contribution in [0.25, 0.3) is 11.2 Å². The second-order valence-electron chi connectivity index (χ2n) is 4.56. The molecule has 2 aromatic rings. The van der Waals surface area contributed by atoms with Crippen LogP contribution >= 0.6 is 7.82 Å². The van der Waals surface area contributed by atoms with E-state index in [0.29, 0.717) is 0 Å². The molecule has 0 radical (unpaired) electrons. The van der Waals surface area contributed by atoms with Gasteiger partial charge in [0.25, 0.3) is 0 Å². The zero-order chi connectivity index (χ0) is 16.1. The fourth-order valence-corrected chi connectivity index (χ4v) is 2.58. The number of hydrogen-bond acceptors (Lipinski definition) is 9. The molecule has 0 spiro atoms. The third-order valence-corrected chi connectivity index (χ3v) is 3.58. The molecular weight excluding hydrogens is 323 g/mol. The zero-order valence-corrected chi connectivity index (χ0v) is 11.7. The Hall–Kier alpha value is -1.66. The maximum absolute atomic E-state index is 10.8. The van der Waals surface area contributed by atoms with E-state index < -0.39 is 32.5 Å². The molecule has 0 saturated carbocycles. The third-order valence-electron chi connectivity index (χ3n) is 3.10. The summed E-state index contributed by atoms with van der Waals surface area (Å²) in [6.07, 6.45) is -3.70. The summed E-state index contributed by atoms with van der Waals surface area (Å²) in [5.41, 5.74) is 6.11. The smallest absolute Gasteiger partial charge is 0.385 e. The third kappa shape index (κ3) is 2.57. The van der Waals surface area contributed by atoms with Crippen LogP contribution in [-0.4, -0.2) is 58.0 Å². The first-order valence-electron chi connectivity index (χ1n) is 5.96. The normalized spacial score (nSPS) is 29.3. The van der Waals surface area contributed by atoms with Gasteiger partial charge >= 0.3 is 7.82 Å². The Kier molecular flexibility index (Phi) is 3.61. The highest BCUT2D eigenvalue weighted by molar-refractivity contribution is 7.46. The van der Waals surface area contributed by atoms with Crippen LogP contribution in [0.15, 0.2) is 12.7 Å². The molecule has 0 unspecified atom stereocenters. The lowest BCUT2D eigenvalue weighted by Crippen LogP contribution is -2.32. The second kappa shape index (κ2) is 5.21. The molecular formula is C9H12N5O7P. The van der Waals surface area contributed by atoms with Crippen molar-refractivity contribution in [1.82, 2.24) is 19.5 Å². The zero-order valence-electron chi connectivity index (χ0n) is 10.8. The summed E-state index contributed by atoms with van der Waals surface area (Å²) in [4.78, 5) is 29.2. The van der Waals surface area contributed by atoms with Crippen molar-refractivity contribution in [2.75, 3.05) is 5.73 Å². The summed E-state index contributed by atoms with van der Waals surface area (Å²) in [6, 6.07) is 0. The Morgan fingerprint density at radius 1 is 1.36 bits per heavy atom. The summed E-state index contributed by atoms with van der Waals surface area (Å²) >= 11 is 0. The molecule has 1 aliphatic rings. The molecule has 2 aromatic heterocycles. The molecule has 4 atom stereocenters. The lowest BCUT2D eigenvalue weighted by molar-refractivity contribution is -0.134. The number of nitrogens with zero attached hydrogens (tertiary/aromatic N) is 4. The molecule has 1 aliphatic heterocycles. The molecule has 0 bridgehead atoms. The number of aliphatic hydroxyl groups is 2. The van der Waals surface area contributed by atoms with E-state index in [4.69, 9.17) is 20.3 Å². The van der Waals surface area contributed by atoms with Crippen molar-refractivity contribution in [3.05, 3.63) is 12.7 Å². The van der Waals surface area contributed by atoms with Gasteiger partial charge in [-0.2, -0.15) is 0 Å². The van der Waals surface area contributed by atoms with E-state index in [1.165, 1.54) is 17.2 Å². The standard InChI is InChI=1S/C9H12N5O7P/c10-6-3-7(12-1-11-6)14(2-13-3)8-4(15)5(16)9(20-8)21-22(17,18)19/h1-2,4-5,8-9,15-16H,(H2,10,11,12)(H2,17,18,19)/t4-,5+,8-,9-/m1/s1/i2+2. The van der Waals surface area contributed by atoms with Crippen LogP contribution in [0.3, 0.4) is 0 Å². The first-order chi connectivity index (χ1) is 10.3. The van der Waals surface area contributed by atoms with Crippen molar-refractivity contribution >= 4 is 24.8 Å². The first-order valence-corrected chi connectivity index (χ1v) is 7.49. The van der Waals surface area contributed by atoms with Gasteiger partial charge in [0, 0.05) is 0 Å². The van der Waals surface area contributed by atoms with Gasteiger partial charge in [-0.1, -0.05) is 0 Å². The summed E-state index contributed by atoms with van der Waals surface area (Å²) in [6.45, 7) is 0. The van der Waals surface area contributed by atoms with Crippen LogP contribution in [0, 0.1) is 0 Å². The minimum Gasteiger partial charge on any atom is -0.385 e. The van der Waals surface area contributed by atoms with Crippen LogP contribution in [0.5, 0.6) is 0 Å². The number of aromatic nitrogens is 4. The Labute approximate surface area is 122 Å². The fourth-order valence-electron chi connectivity index (χ4n) is 2.14. The molecule has 0 aliphatic carbocycles. The Morgan fingerprint density at radius 2 is 2.09 bits per heavy atom. The number of imidazole rings is 1. The minimum absolute atomic E-state index is 0.111. The van der Waals surface area contributed by atoms with Crippen molar-refractivity contribution in [3.63, 3.8) is 0 Å². The number of phosphoric ester groups is 1. The summed E-state index contributed by atoms with van der Waals surface area (Å²) < 4.78 is 21.5. The molecule has 13 heteroatoms. The SMILES string of the molecule is Nc1ncnc2c1n[14cH]n2[C@@H]1O[C@H](OP(=O)(O)O)[C@@H](O)[C@H]1O. The van der Waals surface area contributed by atoms with E-state index in [1.54, 1.807) is 0 Å². The molecule has 0 aromatic carbocycles. The number of ether oxygens (including phenoxy) is 1. The van der Waals surface area contributed by atoms with Crippen molar-refractivity contribution in [1.29, 1.82) is 0 Å². The molecule has 12 nitrogen and oxygen atoms in total. The van der Waals surface area contributed by atoms with Crippen molar-refractivity contribution in [3.8, 4) is 0 Å². The van der Waals surface area contributed by atoms with Crippen LogP contribution in [0.2, 0.25) is 0 Å². The van der Waals surface area contributed by atoms with Gasteiger partial charge in [0.1, 0.15) is 24.1 Å². The minimum atomic E-state index is -4.90. The topological polar surface area (TPSA) is 186 Å². The summed E-state index contributed by atoms with van der Waals surface area (Å²) in [5, 5.41) is 19.8. The van der Waals surface area contributed by atoms with Crippen LogP contribution in [0.1, 0.15) is 6.23 Å². The molecule has 0 amide bonds.